The highest BCUT2D eigenvalue weighted by atomic mass is 16.3. The normalized spacial score (nSPS) is 35.3. The molecule has 2 rings (SSSR count). The van der Waals surface area contributed by atoms with Gasteiger partial charge in [0, 0.05) is 19.1 Å². The van der Waals surface area contributed by atoms with Crippen molar-refractivity contribution in [2.45, 2.75) is 44.9 Å². The molecule has 4 N–H and O–H groups in total. The minimum Gasteiger partial charge on any atom is -0.396 e. The highest BCUT2D eigenvalue weighted by Gasteiger charge is 2.32. The Morgan fingerprint density at radius 1 is 1.05 bits per heavy atom. The molecule has 2 fully saturated rings. The lowest BCUT2D eigenvalue weighted by Crippen LogP contribution is -2.40. The molecule has 2 aliphatic rings. The van der Waals surface area contributed by atoms with Crippen LogP contribution in [0.5, 0.6) is 0 Å². The van der Waals surface area contributed by atoms with Crippen molar-refractivity contribution in [2.24, 2.45) is 29.4 Å². The molecule has 2 saturated carbocycles. The highest BCUT2D eigenvalue weighted by Crippen LogP contribution is 2.32. The average molecular weight is 268 g/mol. The first-order chi connectivity index (χ1) is 9.26. The summed E-state index contributed by atoms with van der Waals surface area (Å²) in [5.74, 6) is 1.53. The number of aliphatic hydroxyl groups excluding tert-OH is 1. The van der Waals surface area contributed by atoms with Crippen molar-refractivity contribution in [1.82, 2.24) is 5.32 Å². The van der Waals surface area contributed by atoms with Crippen LogP contribution in [-0.2, 0) is 4.79 Å². The van der Waals surface area contributed by atoms with E-state index < -0.39 is 0 Å². The Balaban J connectivity index is 1.79. The summed E-state index contributed by atoms with van der Waals surface area (Å²) in [4.78, 5) is 12.2. The zero-order valence-electron chi connectivity index (χ0n) is 11.8. The standard InChI is InChI=1S/C15H28N2O2/c16-8-11-6-3-7-14(11)15(19)17-9-12-4-1-2-5-13(12)10-18/h11-14,18H,1-10,16H2,(H,17,19). The maximum absolute atomic E-state index is 12.2. The van der Waals surface area contributed by atoms with Gasteiger partial charge in [-0.25, -0.2) is 0 Å². The average Bonchev–Trinajstić information content (AvgIpc) is 2.93. The fourth-order valence-corrected chi connectivity index (χ4v) is 3.82. The topological polar surface area (TPSA) is 75.4 Å². The molecule has 4 heteroatoms. The van der Waals surface area contributed by atoms with Gasteiger partial charge in [0.2, 0.25) is 5.91 Å². The number of carbonyl (C=O) groups excluding carboxylic acids is 1. The number of hydrogen-bond donors (Lipinski definition) is 3. The molecule has 0 spiro atoms. The number of nitrogens with two attached hydrogens (primary N) is 1. The lowest BCUT2D eigenvalue weighted by molar-refractivity contribution is -0.126. The monoisotopic (exact) mass is 268 g/mol. The third kappa shape index (κ3) is 3.69. The fraction of sp³-hybridized carbons (Fsp3) is 0.933. The van der Waals surface area contributed by atoms with Gasteiger partial charge < -0.3 is 16.2 Å². The summed E-state index contributed by atoms with van der Waals surface area (Å²) in [5, 5.41) is 12.5. The van der Waals surface area contributed by atoms with Crippen molar-refractivity contribution in [1.29, 1.82) is 0 Å². The Morgan fingerprint density at radius 2 is 1.74 bits per heavy atom. The van der Waals surface area contributed by atoms with Gasteiger partial charge in [-0.15, -0.1) is 0 Å². The van der Waals surface area contributed by atoms with Crippen LogP contribution in [0, 0.1) is 23.7 Å². The predicted molar refractivity (Wildman–Crippen MR) is 75.4 cm³/mol. The molecule has 0 saturated heterocycles. The van der Waals surface area contributed by atoms with E-state index in [1.807, 2.05) is 0 Å². The first-order valence-corrected chi connectivity index (χ1v) is 7.85. The van der Waals surface area contributed by atoms with Crippen molar-refractivity contribution in [3.8, 4) is 0 Å². The number of nitrogens with one attached hydrogen (secondary N) is 1. The van der Waals surface area contributed by atoms with Crippen molar-refractivity contribution in [3.05, 3.63) is 0 Å². The Morgan fingerprint density at radius 3 is 2.42 bits per heavy atom. The van der Waals surface area contributed by atoms with Crippen molar-refractivity contribution in [2.75, 3.05) is 19.7 Å². The number of aliphatic hydroxyl groups is 1. The molecular formula is C15H28N2O2. The van der Waals surface area contributed by atoms with Gasteiger partial charge in [0.15, 0.2) is 0 Å². The van der Waals surface area contributed by atoms with Gasteiger partial charge >= 0.3 is 0 Å². The first kappa shape index (κ1) is 14.8. The van der Waals surface area contributed by atoms with Gasteiger partial charge in [-0.2, -0.15) is 0 Å². The molecule has 110 valence electrons. The largest absolute Gasteiger partial charge is 0.396 e. The molecule has 0 aromatic heterocycles. The smallest absolute Gasteiger partial charge is 0.223 e. The Bertz CT molecular complexity index is 296. The Hall–Kier alpha value is -0.610. The second-order valence-corrected chi connectivity index (χ2v) is 6.27. The molecule has 0 aromatic carbocycles. The minimum absolute atomic E-state index is 0.126. The van der Waals surface area contributed by atoms with Gasteiger partial charge in [-0.1, -0.05) is 19.3 Å². The quantitative estimate of drug-likeness (QED) is 0.703. The summed E-state index contributed by atoms with van der Waals surface area (Å²) >= 11 is 0. The second kappa shape index (κ2) is 7.25. The Labute approximate surface area is 116 Å². The van der Waals surface area contributed by atoms with Gasteiger partial charge in [0.1, 0.15) is 0 Å². The van der Waals surface area contributed by atoms with Crippen LogP contribution in [0.2, 0.25) is 0 Å². The summed E-state index contributed by atoms with van der Waals surface area (Å²) in [7, 11) is 0. The lowest BCUT2D eigenvalue weighted by atomic mass is 9.79. The zero-order chi connectivity index (χ0) is 13.7. The molecule has 2 aliphatic carbocycles. The maximum Gasteiger partial charge on any atom is 0.223 e. The number of carbonyl (C=O) groups is 1. The highest BCUT2D eigenvalue weighted by molar-refractivity contribution is 5.79. The van der Waals surface area contributed by atoms with Crippen LogP contribution in [0.1, 0.15) is 44.9 Å². The molecule has 0 aliphatic heterocycles. The molecule has 4 nitrogen and oxygen atoms in total. The summed E-state index contributed by atoms with van der Waals surface area (Å²) in [6, 6.07) is 0. The Kier molecular flexibility index (Phi) is 5.64. The molecule has 19 heavy (non-hydrogen) atoms. The lowest BCUT2D eigenvalue weighted by Gasteiger charge is -2.30. The second-order valence-electron chi connectivity index (χ2n) is 6.27. The number of amides is 1. The van der Waals surface area contributed by atoms with Crippen LogP contribution in [0.15, 0.2) is 0 Å². The summed E-state index contributed by atoms with van der Waals surface area (Å²) < 4.78 is 0. The van der Waals surface area contributed by atoms with Crippen molar-refractivity contribution < 1.29 is 9.90 Å². The van der Waals surface area contributed by atoms with E-state index in [-0.39, 0.29) is 18.4 Å². The van der Waals surface area contributed by atoms with Crippen LogP contribution in [0.4, 0.5) is 0 Å². The molecule has 0 radical (unpaired) electrons. The summed E-state index contributed by atoms with van der Waals surface area (Å²) in [6.07, 6.45) is 7.89. The molecular weight excluding hydrogens is 240 g/mol. The van der Waals surface area contributed by atoms with E-state index >= 15 is 0 Å². The fourth-order valence-electron chi connectivity index (χ4n) is 3.82. The van der Waals surface area contributed by atoms with Crippen LogP contribution >= 0.6 is 0 Å². The third-order valence-electron chi connectivity index (χ3n) is 5.14. The number of hydrogen-bond acceptors (Lipinski definition) is 3. The van der Waals surface area contributed by atoms with Crippen molar-refractivity contribution in [3.63, 3.8) is 0 Å². The van der Waals surface area contributed by atoms with E-state index in [1.165, 1.54) is 12.8 Å². The van der Waals surface area contributed by atoms with E-state index in [9.17, 15) is 9.90 Å². The molecule has 0 bridgehead atoms. The number of rotatable bonds is 5. The van der Waals surface area contributed by atoms with Crippen LogP contribution < -0.4 is 11.1 Å². The molecule has 4 atom stereocenters. The first-order valence-electron chi connectivity index (χ1n) is 7.85. The maximum atomic E-state index is 12.2. The van der Waals surface area contributed by atoms with E-state index in [4.69, 9.17) is 5.73 Å². The van der Waals surface area contributed by atoms with Crippen LogP contribution in [0.3, 0.4) is 0 Å². The van der Waals surface area contributed by atoms with Crippen LogP contribution in [-0.4, -0.2) is 30.7 Å². The van der Waals surface area contributed by atoms with Gasteiger partial charge in [-0.3, -0.25) is 4.79 Å². The van der Waals surface area contributed by atoms with E-state index in [1.54, 1.807) is 0 Å². The summed E-state index contributed by atoms with van der Waals surface area (Å²) in [5.41, 5.74) is 5.73. The zero-order valence-corrected chi connectivity index (χ0v) is 11.8. The molecule has 1 amide bonds. The van der Waals surface area contributed by atoms with Gasteiger partial charge in [-0.05, 0) is 50.0 Å². The SMILES string of the molecule is NCC1CCCC1C(=O)NCC1CCCCC1CO. The predicted octanol–water partition coefficient (Wildman–Crippen LogP) is 1.28. The molecule has 4 unspecified atom stereocenters. The molecule has 0 heterocycles. The van der Waals surface area contributed by atoms with Gasteiger partial charge in [0.25, 0.3) is 0 Å². The summed E-state index contributed by atoms with van der Waals surface area (Å²) in [6.45, 7) is 1.62. The van der Waals surface area contributed by atoms with E-state index in [2.05, 4.69) is 5.32 Å². The van der Waals surface area contributed by atoms with E-state index in [0.29, 0.717) is 24.3 Å². The van der Waals surface area contributed by atoms with E-state index in [0.717, 1.165) is 38.6 Å². The van der Waals surface area contributed by atoms with Crippen molar-refractivity contribution >= 4 is 5.91 Å². The van der Waals surface area contributed by atoms with Gasteiger partial charge in [0.05, 0.1) is 0 Å². The molecule has 0 aromatic rings. The minimum atomic E-state index is 0.126. The third-order valence-corrected chi connectivity index (χ3v) is 5.14. The van der Waals surface area contributed by atoms with Crippen LogP contribution in [0.25, 0.3) is 0 Å².